The first kappa shape index (κ1) is 14.9. The van der Waals surface area contributed by atoms with Crippen molar-refractivity contribution in [2.75, 3.05) is 0 Å². The van der Waals surface area contributed by atoms with Gasteiger partial charge in [-0.15, -0.1) is 0 Å². The number of carbonyl (C=O) groups excluding carboxylic acids is 1. The fraction of sp³-hybridized carbons (Fsp3) is 0.529. The average Bonchev–Trinajstić information content (AvgIpc) is 3.17. The van der Waals surface area contributed by atoms with Crippen LogP contribution < -0.4 is 5.32 Å². The van der Waals surface area contributed by atoms with Crippen molar-refractivity contribution in [1.29, 1.82) is 0 Å². The predicted octanol–water partition coefficient (Wildman–Crippen LogP) is 2.97. The lowest BCUT2D eigenvalue weighted by Gasteiger charge is -2.14. The van der Waals surface area contributed by atoms with Crippen molar-refractivity contribution >= 4 is 5.91 Å². The molecule has 0 spiro atoms. The third-order valence-corrected chi connectivity index (χ3v) is 4.73. The van der Waals surface area contributed by atoms with Crippen molar-refractivity contribution in [3.8, 4) is 0 Å². The van der Waals surface area contributed by atoms with Gasteiger partial charge in [-0.3, -0.25) is 9.48 Å². The van der Waals surface area contributed by atoms with Gasteiger partial charge in [0.15, 0.2) is 0 Å². The Labute approximate surface area is 131 Å². The van der Waals surface area contributed by atoms with Crippen LogP contribution in [0.25, 0.3) is 0 Å². The van der Waals surface area contributed by atoms with Crippen molar-refractivity contribution in [2.24, 2.45) is 7.05 Å². The molecule has 0 saturated heterocycles. The summed E-state index contributed by atoms with van der Waals surface area (Å²) in [6, 6.07) is 2.55. The molecule has 1 saturated carbocycles. The third-order valence-electron chi connectivity index (χ3n) is 4.73. The zero-order chi connectivity index (χ0) is 16.0. The van der Waals surface area contributed by atoms with Gasteiger partial charge in [-0.05, 0) is 46.6 Å². The van der Waals surface area contributed by atoms with Gasteiger partial charge in [0.05, 0.1) is 17.8 Å². The highest BCUT2D eigenvalue weighted by Crippen LogP contribution is 2.38. The van der Waals surface area contributed by atoms with E-state index in [0.29, 0.717) is 6.04 Å². The second kappa shape index (κ2) is 5.30. The normalized spacial score (nSPS) is 15.9. The molecule has 2 aromatic rings. The van der Waals surface area contributed by atoms with E-state index < -0.39 is 0 Å². The highest BCUT2D eigenvalue weighted by molar-refractivity contribution is 5.96. The number of amides is 1. The second-order valence-electron chi connectivity index (χ2n) is 6.39. The Morgan fingerprint density at radius 2 is 2.00 bits per heavy atom. The van der Waals surface area contributed by atoms with Crippen LogP contribution >= 0.6 is 0 Å². The summed E-state index contributed by atoms with van der Waals surface area (Å²) in [6.07, 6.45) is 4.28. The van der Waals surface area contributed by atoms with Crippen LogP contribution in [0.4, 0.5) is 0 Å². The van der Waals surface area contributed by atoms with E-state index in [2.05, 4.69) is 21.9 Å². The molecule has 22 heavy (non-hydrogen) atoms. The van der Waals surface area contributed by atoms with Crippen LogP contribution in [0.2, 0.25) is 0 Å². The van der Waals surface area contributed by atoms with Crippen LogP contribution in [-0.2, 0) is 7.05 Å². The summed E-state index contributed by atoms with van der Waals surface area (Å²) in [5.41, 5.74) is 5.18. The Kier molecular flexibility index (Phi) is 3.59. The molecule has 1 amide bonds. The highest BCUT2D eigenvalue weighted by Gasteiger charge is 2.28. The van der Waals surface area contributed by atoms with Crippen molar-refractivity contribution in [3.05, 3.63) is 40.5 Å². The van der Waals surface area contributed by atoms with E-state index in [4.69, 9.17) is 0 Å². The summed E-state index contributed by atoms with van der Waals surface area (Å²) in [5, 5.41) is 7.35. The van der Waals surface area contributed by atoms with Crippen LogP contribution in [0.1, 0.15) is 64.9 Å². The molecule has 0 bridgehead atoms. The smallest absolute Gasteiger partial charge is 0.253 e. The van der Waals surface area contributed by atoms with Crippen LogP contribution in [0.15, 0.2) is 12.3 Å². The Balaban J connectivity index is 1.80. The molecule has 0 unspecified atom stereocenters. The Hall–Kier alpha value is -2.04. The fourth-order valence-corrected chi connectivity index (χ4v) is 3.19. The number of rotatable bonds is 4. The van der Waals surface area contributed by atoms with Crippen molar-refractivity contribution in [3.63, 3.8) is 0 Å². The van der Waals surface area contributed by atoms with Crippen LogP contribution in [0.5, 0.6) is 0 Å². The molecule has 1 atom stereocenters. The number of hydrogen-bond acceptors (Lipinski definition) is 2. The number of nitrogens with one attached hydrogen (secondary N) is 1. The fourth-order valence-electron chi connectivity index (χ4n) is 3.19. The van der Waals surface area contributed by atoms with Crippen LogP contribution in [-0.4, -0.2) is 20.3 Å². The molecule has 5 nitrogen and oxygen atoms in total. The van der Waals surface area contributed by atoms with Crippen molar-refractivity contribution < 1.29 is 4.79 Å². The van der Waals surface area contributed by atoms with Gasteiger partial charge >= 0.3 is 0 Å². The zero-order valence-electron chi connectivity index (χ0n) is 14.0. The Bertz CT molecular complexity index is 721. The van der Waals surface area contributed by atoms with Gasteiger partial charge in [-0.1, -0.05) is 0 Å². The minimum absolute atomic E-state index is 0.00393. The number of nitrogens with zero attached hydrogens (tertiary/aromatic N) is 3. The predicted molar refractivity (Wildman–Crippen MR) is 86.0 cm³/mol. The molecule has 3 rings (SSSR count). The molecule has 118 valence electrons. The van der Waals surface area contributed by atoms with Crippen molar-refractivity contribution in [1.82, 2.24) is 19.7 Å². The first-order chi connectivity index (χ1) is 10.4. The molecule has 2 heterocycles. The lowest BCUT2D eigenvalue weighted by Crippen LogP contribution is -2.27. The summed E-state index contributed by atoms with van der Waals surface area (Å²) < 4.78 is 4.13. The standard InChI is InChI=1S/C17H24N4O/c1-10-8-15(13(4)21(10)14-6-7-14)17(22)19-11(2)16-9-18-20(5)12(16)3/h8-9,11,14H,6-7H2,1-5H3,(H,19,22)/t11-/m1/s1. The van der Waals surface area contributed by atoms with Gasteiger partial charge in [0.25, 0.3) is 5.91 Å². The maximum absolute atomic E-state index is 12.6. The monoisotopic (exact) mass is 300 g/mol. The van der Waals surface area contributed by atoms with Gasteiger partial charge in [0, 0.05) is 35.7 Å². The quantitative estimate of drug-likeness (QED) is 0.943. The first-order valence-corrected chi connectivity index (χ1v) is 7.88. The van der Waals surface area contributed by atoms with Gasteiger partial charge in [0.1, 0.15) is 0 Å². The van der Waals surface area contributed by atoms with Gasteiger partial charge in [0.2, 0.25) is 0 Å². The van der Waals surface area contributed by atoms with Gasteiger partial charge in [-0.25, -0.2) is 0 Å². The Morgan fingerprint density at radius 3 is 2.55 bits per heavy atom. The molecular weight excluding hydrogens is 276 g/mol. The zero-order valence-corrected chi connectivity index (χ0v) is 14.0. The van der Waals surface area contributed by atoms with E-state index in [1.807, 2.05) is 44.8 Å². The minimum atomic E-state index is -0.0508. The Morgan fingerprint density at radius 1 is 1.32 bits per heavy atom. The summed E-state index contributed by atoms with van der Waals surface area (Å²) in [4.78, 5) is 12.6. The SMILES string of the molecule is Cc1c([C@@H](C)NC(=O)c2cc(C)n(C3CC3)c2C)cnn1C. The van der Waals surface area contributed by atoms with Crippen LogP contribution in [0.3, 0.4) is 0 Å². The third kappa shape index (κ3) is 2.45. The second-order valence-corrected chi connectivity index (χ2v) is 6.39. The van der Waals surface area contributed by atoms with E-state index in [-0.39, 0.29) is 11.9 Å². The average molecular weight is 300 g/mol. The molecule has 0 aromatic carbocycles. The minimum Gasteiger partial charge on any atom is -0.345 e. The topological polar surface area (TPSA) is 51.9 Å². The number of aryl methyl sites for hydroxylation is 2. The van der Waals surface area contributed by atoms with Crippen molar-refractivity contribution in [2.45, 2.75) is 52.6 Å². The molecule has 1 aliphatic rings. The summed E-state index contributed by atoms with van der Waals surface area (Å²) >= 11 is 0. The van der Waals surface area contributed by atoms with Gasteiger partial charge in [-0.2, -0.15) is 5.10 Å². The molecular formula is C17H24N4O. The molecule has 5 heteroatoms. The highest BCUT2D eigenvalue weighted by atomic mass is 16.1. The summed E-state index contributed by atoms with van der Waals surface area (Å²) in [5.74, 6) is -0.00393. The molecule has 0 radical (unpaired) electrons. The molecule has 0 aliphatic heterocycles. The number of carbonyl (C=O) groups is 1. The number of aromatic nitrogens is 3. The van der Waals surface area contributed by atoms with E-state index in [1.54, 1.807) is 0 Å². The van der Waals surface area contributed by atoms with Crippen LogP contribution in [0, 0.1) is 20.8 Å². The number of hydrogen-bond donors (Lipinski definition) is 1. The first-order valence-electron chi connectivity index (χ1n) is 7.88. The molecule has 2 aromatic heterocycles. The van der Waals surface area contributed by atoms with E-state index >= 15 is 0 Å². The van der Waals surface area contributed by atoms with E-state index in [9.17, 15) is 4.79 Å². The lowest BCUT2D eigenvalue weighted by atomic mass is 10.1. The molecule has 1 N–H and O–H groups in total. The van der Waals surface area contributed by atoms with E-state index in [0.717, 1.165) is 22.5 Å². The summed E-state index contributed by atoms with van der Waals surface area (Å²) in [7, 11) is 1.91. The maximum atomic E-state index is 12.6. The largest absolute Gasteiger partial charge is 0.345 e. The molecule has 1 aliphatic carbocycles. The maximum Gasteiger partial charge on any atom is 0.253 e. The van der Waals surface area contributed by atoms with Gasteiger partial charge < -0.3 is 9.88 Å². The lowest BCUT2D eigenvalue weighted by molar-refractivity contribution is 0.0939. The molecule has 1 fully saturated rings. The summed E-state index contributed by atoms with van der Waals surface area (Å²) in [6.45, 7) is 8.14. The van der Waals surface area contributed by atoms with E-state index in [1.165, 1.54) is 18.5 Å².